The van der Waals surface area contributed by atoms with E-state index in [2.05, 4.69) is 15.5 Å². The van der Waals surface area contributed by atoms with Gasteiger partial charge in [-0.3, -0.25) is 0 Å². The van der Waals surface area contributed by atoms with E-state index in [-0.39, 0.29) is 12.1 Å². The van der Waals surface area contributed by atoms with Gasteiger partial charge < -0.3 is 10.4 Å². The first-order valence-corrected chi connectivity index (χ1v) is 4.23. The second kappa shape index (κ2) is 3.70. The molecule has 0 saturated carbocycles. The number of aryl methyl sites for hydroxylation is 1. The molecule has 0 saturated heterocycles. The largest absolute Gasteiger partial charge is 0.394 e. The normalized spacial score (nSPS) is 11.4. The van der Waals surface area contributed by atoms with E-state index in [9.17, 15) is 0 Å². The lowest BCUT2D eigenvalue weighted by atomic mass is 10.1. The molecule has 4 heteroatoms. The highest BCUT2D eigenvalue weighted by Gasteiger charge is 2.15. The maximum Gasteiger partial charge on any atom is 0.149 e. The molecule has 72 valence electrons. The maximum atomic E-state index is 9.00. The number of rotatable bonds is 3. The Morgan fingerprint density at radius 3 is 2.54 bits per heavy atom. The highest BCUT2D eigenvalue weighted by Crippen LogP contribution is 2.10. The number of anilines is 1. The molecule has 0 aliphatic heterocycles. The third-order valence-corrected chi connectivity index (χ3v) is 1.66. The summed E-state index contributed by atoms with van der Waals surface area (Å²) in [5.74, 6) is 0.685. The molecule has 0 amide bonds. The monoisotopic (exact) mass is 181 g/mol. The third-order valence-electron chi connectivity index (χ3n) is 1.66. The van der Waals surface area contributed by atoms with Crippen molar-refractivity contribution in [1.82, 2.24) is 10.2 Å². The Bertz CT molecular complexity index is 269. The summed E-state index contributed by atoms with van der Waals surface area (Å²) in [6.45, 7) is 5.74. The minimum Gasteiger partial charge on any atom is -0.394 e. The molecule has 0 aliphatic carbocycles. The lowest BCUT2D eigenvalue weighted by Crippen LogP contribution is -2.35. The number of aliphatic hydroxyl groups is 1. The van der Waals surface area contributed by atoms with Crippen LogP contribution in [-0.2, 0) is 0 Å². The second-order valence-corrected chi connectivity index (χ2v) is 3.73. The molecule has 0 bridgehead atoms. The molecule has 2 N–H and O–H groups in total. The van der Waals surface area contributed by atoms with Crippen molar-refractivity contribution in [3.63, 3.8) is 0 Å². The van der Waals surface area contributed by atoms with Crippen molar-refractivity contribution in [1.29, 1.82) is 0 Å². The first kappa shape index (κ1) is 9.92. The fourth-order valence-electron chi connectivity index (χ4n) is 0.852. The van der Waals surface area contributed by atoms with Crippen molar-refractivity contribution in [3.8, 4) is 0 Å². The Hall–Kier alpha value is -1.16. The van der Waals surface area contributed by atoms with Crippen LogP contribution in [0.1, 0.15) is 19.5 Å². The molecule has 1 aromatic heterocycles. The molecule has 0 radical (unpaired) electrons. The summed E-state index contributed by atoms with van der Waals surface area (Å²) in [5, 5.41) is 19.9. The summed E-state index contributed by atoms with van der Waals surface area (Å²) in [6.07, 6.45) is 0. The minimum absolute atomic E-state index is 0.0581. The Kier molecular flexibility index (Phi) is 2.83. The Balaban J connectivity index is 2.69. The van der Waals surface area contributed by atoms with E-state index in [1.54, 1.807) is 0 Å². The van der Waals surface area contributed by atoms with E-state index in [1.807, 2.05) is 32.9 Å². The van der Waals surface area contributed by atoms with E-state index in [0.717, 1.165) is 5.69 Å². The summed E-state index contributed by atoms with van der Waals surface area (Å²) in [5.41, 5.74) is 0.525. The average molecular weight is 181 g/mol. The molecule has 1 rings (SSSR count). The van der Waals surface area contributed by atoms with Gasteiger partial charge in [0, 0.05) is 0 Å². The summed E-state index contributed by atoms with van der Waals surface area (Å²) >= 11 is 0. The van der Waals surface area contributed by atoms with E-state index in [1.165, 1.54) is 0 Å². The molecule has 0 aliphatic rings. The predicted molar refractivity (Wildman–Crippen MR) is 51.6 cm³/mol. The van der Waals surface area contributed by atoms with Gasteiger partial charge in [-0.2, -0.15) is 5.10 Å². The molecule has 0 spiro atoms. The zero-order valence-electron chi connectivity index (χ0n) is 8.20. The summed E-state index contributed by atoms with van der Waals surface area (Å²) in [7, 11) is 0. The van der Waals surface area contributed by atoms with Gasteiger partial charge >= 0.3 is 0 Å². The van der Waals surface area contributed by atoms with Crippen LogP contribution in [0.25, 0.3) is 0 Å². The SMILES string of the molecule is Cc1ccc(NC(C)(C)CO)nn1. The molecule has 4 nitrogen and oxygen atoms in total. The van der Waals surface area contributed by atoms with Crippen LogP contribution in [-0.4, -0.2) is 27.4 Å². The maximum absolute atomic E-state index is 9.00. The molecule has 0 fully saturated rings. The van der Waals surface area contributed by atoms with Crippen molar-refractivity contribution in [3.05, 3.63) is 17.8 Å². The van der Waals surface area contributed by atoms with Crippen LogP contribution in [0, 0.1) is 6.92 Å². The van der Waals surface area contributed by atoms with Crippen molar-refractivity contribution in [2.24, 2.45) is 0 Å². The van der Waals surface area contributed by atoms with Gasteiger partial charge in [-0.1, -0.05) is 0 Å². The summed E-state index contributed by atoms with van der Waals surface area (Å²) in [6, 6.07) is 3.72. The zero-order chi connectivity index (χ0) is 9.90. The minimum atomic E-state index is -0.357. The van der Waals surface area contributed by atoms with Crippen LogP contribution in [0.5, 0.6) is 0 Å². The molecular formula is C9H15N3O. The lowest BCUT2D eigenvalue weighted by Gasteiger charge is -2.23. The average Bonchev–Trinajstić information content (AvgIpc) is 2.09. The van der Waals surface area contributed by atoms with Crippen LogP contribution >= 0.6 is 0 Å². The fraction of sp³-hybridized carbons (Fsp3) is 0.556. The van der Waals surface area contributed by atoms with Gasteiger partial charge in [0.1, 0.15) is 5.82 Å². The van der Waals surface area contributed by atoms with Crippen molar-refractivity contribution in [2.45, 2.75) is 26.3 Å². The number of nitrogens with one attached hydrogen (secondary N) is 1. The van der Waals surface area contributed by atoms with E-state index in [4.69, 9.17) is 5.11 Å². The Morgan fingerprint density at radius 1 is 1.38 bits per heavy atom. The predicted octanol–water partition coefficient (Wildman–Crippen LogP) is 0.968. The fourth-order valence-corrected chi connectivity index (χ4v) is 0.852. The first-order valence-electron chi connectivity index (χ1n) is 4.23. The molecule has 1 heterocycles. The van der Waals surface area contributed by atoms with Gasteiger partial charge in [0.15, 0.2) is 0 Å². The summed E-state index contributed by atoms with van der Waals surface area (Å²) < 4.78 is 0. The van der Waals surface area contributed by atoms with Crippen molar-refractivity contribution in [2.75, 3.05) is 11.9 Å². The highest BCUT2D eigenvalue weighted by atomic mass is 16.3. The number of hydrogen-bond donors (Lipinski definition) is 2. The third kappa shape index (κ3) is 2.99. The molecule has 1 aromatic rings. The van der Waals surface area contributed by atoms with Crippen molar-refractivity contribution < 1.29 is 5.11 Å². The van der Waals surface area contributed by atoms with Crippen molar-refractivity contribution >= 4 is 5.82 Å². The van der Waals surface area contributed by atoms with Crippen LogP contribution < -0.4 is 5.32 Å². The Labute approximate surface area is 78.0 Å². The van der Waals surface area contributed by atoms with Gasteiger partial charge in [-0.15, -0.1) is 5.10 Å². The second-order valence-electron chi connectivity index (χ2n) is 3.73. The standard InChI is InChI=1S/C9H15N3O/c1-7-4-5-8(12-11-7)10-9(2,3)6-13/h4-5,13H,6H2,1-3H3,(H,10,12). The van der Waals surface area contributed by atoms with Gasteiger partial charge in [0.25, 0.3) is 0 Å². The molecular weight excluding hydrogens is 166 g/mol. The summed E-state index contributed by atoms with van der Waals surface area (Å²) in [4.78, 5) is 0. The van der Waals surface area contributed by atoms with Crippen LogP contribution in [0.3, 0.4) is 0 Å². The number of aromatic nitrogens is 2. The molecule has 0 aromatic carbocycles. The van der Waals surface area contributed by atoms with Gasteiger partial charge in [-0.05, 0) is 32.9 Å². The first-order chi connectivity index (χ1) is 6.03. The lowest BCUT2D eigenvalue weighted by molar-refractivity contribution is 0.234. The molecule has 13 heavy (non-hydrogen) atoms. The van der Waals surface area contributed by atoms with Crippen LogP contribution in [0.2, 0.25) is 0 Å². The van der Waals surface area contributed by atoms with E-state index >= 15 is 0 Å². The van der Waals surface area contributed by atoms with Crippen LogP contribution in [0.15, 0.2) is 12.1 Å². The zero-order valence-corrected chi connectivity index (χ0v) is 8.20. The van der Waals surface area contributed by atoms with E-state index in [0.29, 0.717) is 5.82 Å². The smallest absolute Gasteiger partial charge is 0.149 e. The number of nitrogens with zero attached hydrogens (tertiary/aromatic N) is 2. The highest BCUT2D eigenvalue weighted by molar-refractivity contribution is 5.35. The van der Waals surface area contributed by atoms with Gasteiger partial charge in [-0.25, -0.2) is 0 Å². The molecule has 0 unspecified atom stereocenters. The quantitative estimate of drug-likeness (QED) is 0.729. The molecule has 0 atom stereocenters. The van der Waals surface area contributed by atoms with Crippen LogP contribution in [0.4, 0.5) is 5.82 Å². The number of hydrogen-bond acceptors (Lipinski definition) is 4. The topological polar surface area (TPSA) is 58.0 Å². The van der Waals surface area contributed by atoms with Gasteiger partial charge in [0.05, 0.1) is 17.8 Å². The number of aliphatic hydroxyl groups excluding tert-OH is 1. The van der Waals surface area contributed by atoms with Gasteiger partial charge in [0.2, 0.25) is 0 Å². The Morgan fingerprint density at radius 2 is 2.08 bits per heavy atom. The van der Waals surface area contributed by atoms with E-state index < -0.39 is 0 Å².